The van der Waals surface area contributed by atoms with Gasteiger partial charge in [0, 0.05) is 34.3 Å². The van der Waals surface area contributed by atoms with Crippen LogP contribution in [-0.2, 0) is 11.0 Å². The molecule has 4 rings (SSSR count). The molecule has 12 heteroatoms. The third-order valence-corrected chi connectivity index (χ3v) is 8.91. The maximum atomic E-state index is 13.3. The number of likely N-dealkylation sites (tertiary alicyclic amines) is 1. The second-order valence-electron chi connectivity index (χ2n) is 9.86. The Kier molecular flexibility index (Phi) is 9.84. The van der Waals surface area contributed by atoms with E-state index in [1.165, 1.54) is 18.3 Å². The van der Waals surface area contributed by atoms with Crippen LogP contribution in [-0.4, -0.2) is 58.6 Å². The van der Waals surface area contributed by atoms with Crippen molar-refractivity contribution in [3.8, 4) is 5.75 Å². The highest BCUT2D eigenvalue weighted by Gasteiger charge is 2.41. The molecule has 3 aromatic rings. The summed E-state index contributed by atoms with van der Waals surface area (Å²) < 4.78 is 45.1. The van der Waals surface area contributed by atoms with E-state index in [2.05, 4.69) is 9.88 Å². The van der Waals surface area contributed by atoms with E-state index in [0.29, 0.717) is 71.9 Å². The zero-order chi connectivity index (χ0) is 28.9. The smallest absolute Gasteiger partial charge is 0.417 e. The largest absolute Gasteiger partial charge is 0.497 e. The SMILES string of the molecule is COc1ccc2ncc(Cl)c([C@H](O)CCC3(C(=O)NO)CCN(CCSc4ccccc4C(F)(F)F)CC3)c2c1. The van der Waals surface area contributed by atoms with Gasteiger partial charge in [0.05, 0.1) is 34.7 Å². The zero-order valence-electron chi connectivity index (χ0n) is 21.9. The molecule has 1 fully saturated rings. The second-order valence-corrected chi connectivity index (χ2v) is 11.4. The lowest BCUT2D eigenvalue weighted by atomic mass is 9.73. The minimum absolute atomic E-state index is 0.190. The summed E-state index contributed by atoms with van der Waals surface area (Å²) in [5.74, 6) is 0.538. The number of nitrogens with one attached hydrogen (secondary N) is 1. The third-order valence-electron chi connectivity index (χ3n) is 7.55. The van der Waals surface area contributed by atoms with Crippen LogP contribution in [0.1, 0.15) is 42.9 Å². The van der Waals surface area contributed by atoms with Crippen LogP contribution in [0.25, 0.3) is 10.9 Å². The monoisotopic (exact) mass is 597 g/mol. The van der Waals surface area contributed by atoms with Crippen molar-refractivity contribution in [2.75, 3.05) is 32.5 Å². The minimum atomic E-state index is -4.41. The summed E-state index contributed by atoms with van der Waals surface area (Å²) in [5, 5.41) is 21.6. The number of pyridine rings is 1. The number of halogens is 4. The molecule has 1 amide bonds. The van der Waals surface area contributed by atoms with Gasteiger partial charge < -0.3 is 14.7 Å². The van der Waals surface area contributed by atoms with Crippen LogP contribution < -0.4 is 10.2 Å². The van der Waals surface area contributed by atoms with Crippen LogP contribution in [0, 0.1) is 5.41 Å². The van der Waals surface area contributed by atoms with Crippen LogP contribution >= 0.6 is 23.4 Å². The van der Waals surface area contributed by atoms with E-state index in [4.69, 9.17) is 16.3 Å². The van der Waals surface area contributed by atoms with Crippen LogP contribution in [0.2, 0.25) is 5.02 Å². The Morgan fingerprint density at radius 3 is 2.65 bits per heavy atom. The molecule has 0 bridgehead atoms. The summed E-state index contributed by atoms with van der Waals surface area (Å²) in [7, 11) is 1.54. The predicted molar refractivity (Wildman–Crippen MR) is 148 cm³/mol. The molecule has 1 aliphatic heterocycles. The Morgan fingerprint density at radius 1 is 1.25 bits per heavy atom. The van der Waals surface area contributed by atoms with Gasteiger partial charge in [-0.3, -0.25) is 15.0 Å². The molecule has 2 aromatic carbocycles. The first-order chi connectivity index (χ1) is 19.1. The number of hydroxylamine groups is 1. The number of hydrogen-bond donors (Lipinski definition) is 3. The fourth-order valence-electron chi connectivity index (χ4n) is 5.22. The number of hydrogen-bond acceptors (Lipinski definition) is 7. The number of aliphatic hydroxyl groups is 1. The van der Waals surface area contributed by atoms with Crippen LogP contribution in [0.3, 0.4) is 0 Å². The number of carbonyl (C=O) groups excluding carboxylic acids is 1. The molecule has 0 aliphatic carbocycles. The number of amides is 1. The Hall–Kier alpha value is -2.57. The summed E-state index contributed by atoms with van der Waals surface area (Å²) in [6.07, 6.45) is -2.55. The number of piperidine rings is 1. The minimum Gasteiger partial charge on any atom is -0.497 e. The van der Waals surface area contributed by atoms with Gasteiger partial charge in [0.2, 0.25) is 5.91 Å². The van der Waals surface area contributed by atoms with Gasteiger partial charge in [-0.1, -0.05) is 23.7 Å². The highest BCUT2D eigenvalue weighted by Crippen LogP contribution is 2.41. The van der Waals surface area contributed by atoms with Crippen molar-refractivity contribution < 1.29 is 33.0 Å². The van der Waals surface area contributed by atoms with Gasteiger partial charge in [-0.05, 0) is 69.1 Å². The molecule has 0 saturated carbocycles. The van der Waals surface area contributed by atoms with Crippen molar-refractivity contribution >= 4 is 40.2 Å². The Balaban J connectivity index is 1.39. The van der Waals surface area contributed by atoms with E-state index in [9.17, 15) is 28.3 Å². The summed E-state index contributed by atoms with van der Waals surface area (Å²) in [6, 6.07) is 10.8. The summed E-state index contributed by atoms with van der Waals surface area (Å²) in [4.78, 5) is 19.4. The first-order valence-corrected chi connectivity index (χ1v) is 14.2. The molecule has 0 spiro atoms. The number of methoxy groups -OCH3 is 1. The van der Waals surface area contributed by atoms with Crippen molar-refractivity contribution in [2.45, 2.75) is 42.9 Å². The van der Waals surface area contributed by atoms with Gasteiger partial charge in [-0.25, -0.2) is 5.48 Å². The number of rotatable bonds is 10. The lowest BCUT2D eigenvalue weighted by molar-refractivity contribution is -0.143. The van der Waals surface area contributed by atoms with E-state index in [-0.39, 0.29) is 11.3 Å². The number of ether oxygens (including phenoxy) is 1. The first-order valence-electron chi connectivity index (χ1n) is 12.8. The maximum Gasteiger partial charge on any atom is 0.417 e. The zero-order valence-corrected chi connectivity index (χ0v) is 23.5. The molecule has 216 valence electrons. The summed E-state index contributed by atoms with van der Waals surface area (Å²) in [6.45, 7) is 1.61. The average molecular weight is 598 g/mol. The molecule has 2 heterocycles. The molecule has 0 radical (unpaired) electrons. The Bertz CT molecular complexity index is 1340. The summed E-state index contributed by atoms with van der Waals surface area (Å²) >= 11 is 7.59. The van der Waals surface area contributed by atoms with Gasteiger partial charge in [0.1, 0.15) is 5.75 Å². The number of carbonyl (C=O) groups is 1. The van der Waals surface area contributed by atoms with E-state index < -0.39 is 29.2 Å². The Morgan fingerprint density at radius 2 is 1.98 bits per heavy atom. The molecular weight excluding hydrogens is 567 g/mol. The number of aromatic nitrogens is 1. The van der Waals surface area contributed by atoms with Gasteiger partial charge in [0.15, 0.2) is 0 Å². The van der Waals surface area contributed by atoms with Gasteiger partial charge >= 0.3 is 6.18 Å². The number of thioether (sulfide) groups is 1. The number of fused-ring (bicyclic) bond motifs is 1. The van der Waals surface area contributed by atoms with E-state index >= 15 is 0 Å². The number of aliphatic hydroxyl groups excluding tert-OH is 1. The highest BCUT2D eigenvalue weighted by atomic mass is 35.5. The van der Waals surface area contributed by atoms with E-state index in [0.717, 1.165) is 17.8 Å². The van der Waals surface area contributed by atoms with Crippen LogP contribution in [0.15, 0.2) is 53.6 Å². The van der Waals surface area contributed by atoms with E-state index in [1.807, 2.05) is 0 Å². The van der Waals surface area contributed by atoms with Crippen molar-refractivity contribution in [1.82, 2.24) is 15.4 Å². The number of alkyl halides is 3. The molecule has 3 N–H and O–H groups in total. The normalized spacial score (nSPS) is 16.6. The molecule has 1 aliphatic rings. The van der Waals surface area contributed by atoms with Gasteiger partial charge in [0.25, 0.3) is 0 Å². The lowest BCUT2D eigenvalue weighted by Crippen LogP contribution is -2.48. The third kappa shape index (κ3) is 6.83. The number of nitrogens with zero attached hydrogens (tertiary/aromatic N) is 2. The van der Waals surface area contributed by atoms with Gasteiger partial charge in [-0.15, -0.1) is 11.8 Å². The standard InChI is InChI=1S/C28H31ClF3N3O4S/c1-39-18-6-7-22-19(16-18)25(21(29)17-33-22)23(36)8-9-27(26(37)34-38)10-12-35(13-11-27)14-15-40-24-5-3-2-4-20(24)28(30,31)32/h2-7,16-17,23,36,38H,8-15H2,1H3,(H,34,37)/t23-/m1/s1. The molecule has 40 heavy (non-hydrogen) atoms. The Labute approximate surface area is 239 Å². The van der Waals surface area contributed by atoms with Crippen molar-refractivity contribution in [2.24, 2.45) is 5.41 Å². The molecule has 1 aromatic heterocycles. The van der Waals surface area contributed by atoms with Crippen molar-refractivity contribution in [3.63, 3.8) is 0 Å². The van der Waals surface area contributed by atoms with Gasteiger partial charge in [-0.2, -0.15) is 13.2 Å². The van der Waals surface area contributed by atoms with Crippen LogP contribution in [0.5, 0.6) is 5.75 Å². The molecule has 0 unspecified atom stereocenters. The average Bonchev–Trinajstić information content (AvgIpc) is 2.95. The first kappa shape index (κ1) is 30.4. The fourth-order valence-corrected chi connectivity index (χ4v) is 6.58. The topological polar surface area (TPSA) is 94.9 Å². The predicted octanol–water partition coefficient (Wildman–Crippen LogP) is 6.11. The summed E-state index contributed by atoms with van der Waals surface area (Å²) in [5.41, 5.74) is 1.39. The quantitative estimate of drug-likeness (QED) is 0.147. The lowest BCUT2D eigenvalue weighted by Gasteiger charge is -2.40. The van der Waals surface area contributed by atoms with Crippen molar-refractivity contribution in [1.29, 1.82) is 0 Å². The van der Waals surface area contributed by atoms with Crippen LogP contribution in [0.4, 0.5) is 13.2 Å². The fraction of sp³-hybridized carbons (Fsp3) is 0.429. The highest BCUT2D eigenvalue weighted by molar-refractivity contribution is 7.99. The second kappa shape index (κ2) is 12.9. The maximum absolute atomic E-state index is 13.3. The molecule has 1 saturated heterocycles. The molecule has 1 atom stereocenters. The van der Waals surface area contributed by atoms with E-state index in [1.54, 1.807) is 36.9 Å². The number of benzene rings is 2. The van der Waals surface area contributed by atoms with Crippen molar-refractivity contribution in [3.05, 3.63) is 64.8 Å². The molecular formula is C28H31ClF3N3O4S. The molecule has 7 nitrogen and oxygen atoms in total.